The van der Waals surface area contributed by atoms with Crippen LogP contribution in [0.3, 0.4) is 0 Å². The van der Waals surface area contributed by atoms with E-state index in [9.17, 15) is 4.79 Å². The lowest BCUT2D eigenvalue weighted by atomic mass is 10.2. The Balaban J connectivity index is 2.79. The third kappa shape index (κ3) is 4.07. The van der Waals surface area contributed by atoms with Crippen LogP contribution in [-0.2, 0) is 0 Å². The van der Waals surface area contributed by atoms with Crippen LogP contribution in [-0.4, -0.2) is 39.1 Å². The van der Waals surface area contributed by atoms with E-state index in [1.165, 1.54) is 4.90 Å². The van der Waals surface area contributed by atoms with E-state index >= 15 is 0 Å². The lowest BCUT2D eigenvalue weighted by Crippen LogP contribution is -2.33. The molecule has 1 aromatic heterocycles. The Hall–Kier alpha value is -2.41. The molecule has 1 amide bonds. The van der Waals surface area contributed by atoms with Crippen LogP contribution in [0, 0.1) is 22.7 Å². The second-order valence-corrected chi connectivity index (χ2v) is 4.31. The van der Waals surface area contributed by atoms with Gasteiger partial charge in [-0.15, -0.1) is 5.10 Å². The van der Waals surface area contributed by atoms with Crippen molar-refractivity contribution in [2.45, 2.75) is 32.6 Å². The van der Waals surface area contributed by atoms with E-state index in [1.54, 1.807) is 0 Å². The van der Waals surface area contributed by atoms with E-state index in [2.05, 4.69) is 15.2 Å². The van der Waals surface area contributed by atoms with Crippen LogP contribution in [0.5, 0.6) is 0 Å². The highest BCUT2D eigenvalue weighted by molar-refractivity contribution is 5.90. The summed E-state index contributed by atoms with van der Waals surface area (Å²) >= 11 is 0. The first-order valence-electron chi connectivity index (χ1n) is 6.05. The number of nitrogens with zero attached hydrogens (tertiary/aromatic N) is 5. The average Bonchev–Trinajstić information content (AvgIpc) is 2.88. The molecular weight excluding hydrogens is 244 g/mol. The highest BCUT2D eigenvalue weighted by atomic mass is 16.2. The number of H-pyrrole nitrogens is 1. The number of carbonyl (C=O) groups is 1. The molecule has 0 saturated heterocycles. The average molecular weight is 260 g/mol. The van der Waals surface area contributed by atoms with Crippen molar-refractivity contribution >= 4 is 5.91 Å². The normalized spacial score (nSPS) is 9.95. The molecule has 0 spiro atoms. The molecule has 0 atom stereocenters. The van der Waals surface area contributed by atoms with Crippen LogP contribution in [0.15, 0.2) is 0 Å². The third-order valence-electron chi connectivity index (χ3n) is 2.52. The van der Waals surface area contributed by atoms with Crippen molar-refractivity contribution in [1.82, 2.24) is 20.1 Å². The number of nitrogens with one attached hydrogen (secondary N) is 1. The van der Waals surface area contributed by atoms with Gasteiger partial charge in [0.2, 0.25) is 5.82 Å². The van der Waals surface area contributed by atoms with Crippen molar-refractivity contribution < 1.29 is 4.79 Å². The van der Waals surface area contributed by atoms with E-state index < -0.39 is 0 Å². The zero-order chi connectivity index (χ0) is 14.3. The molecule has 19 heavy (non-hydrogen) atoms. The largest absolute Gasteiger partial charge is 0.334 e. The second-order valence-electron chi connectivity index (χ2n) is 4.31. The van der Waals surface area contributed by atoms with Crippen LogP contribution in [0.1, 0.15) is 49.1 Å². The predicted octanol–water partition coefficient (Wildman–Crippen LogP) is 1.20. The molecule has 0 aliphatic heterocycles. The molecule has 0 bridgehead atoms. The van der Waals surface area contributed by atoms with Crippen molar-refractivity contribution in [3.63, 3.8) is 0 Å². The van der Waals surface area contributed by atoms with Gasteiger partial charge in [-0.25, -0.2) is 4.98 Å². The maximum absolute atomic E-state index is 12.2. The Morgan fingerprint density at radius 1 is 1.32 bits per heavy atom. The van der Waals surface area contributed by atoms with Gasteiger partial charge in [0.05, 0.1) is 25.0 Å². The van der Waals surface area contributed by atoms with Crippen LogP contribution in [0.25, 0.3) is 0 Å². The molecule has 100 valence electrons. The summed E-state index contributed by atoms with van der Waals surface area (Å²) in [6.45, 7) is 4.45. The van der Waals surface area contributed by atoms with Gasteiger partial charge in [0.1, 0.15) is 5.82 Å². The van der Waals surface area contributed by atoms with E-state index in [0.29, 0.717) is 5.82 Å². The number of aromatic nitrogens is 3. The minimum absolute atomic E-state index is 0.0829. The molecule has 7 heteroatoms. The molecule has 0 fully saturated rings. The van der Waals surface area contributed by atoms with E-state index in [0.717, 1.165) is 0 Å². The van der Waals surface area contributed by atoms with Crippen molar-refractivity contribution in [3.05, 3.63) is 11.6 Å². The fourth-order valence-corrected chi connectivity index (χ4v) is 1.45. The fraction of sp³-hybridized carbons (Fsp3) is 0.583. The van der Waals surface area contributed by atoms with Gasteiger partial charge in [-0.3, -0.25) is 9.89 Å². The smallest absolute Gasteiger partial charge is 0.293 e. The lowest BCUT2D eigenvalue weighted by Gasteiger charge is -2.18. The standard InChI is InChI=1S/C12H16N6O/c1-9(2)10-15-11(17-16-10)12(19)18(7-3-5-13)8-4-6-14/h9H,3-4,7-8H2,1-2H3,(H,15,16,17). The summed E-state index contributed by atoms with van der Waals surface area (Å²) in [7, 11) is 0. The van der Waals surface area contributed by atoms with Gasteiger partial charge >= 0.3 is 0 Å². The summed E-state index contributed by atoms with van der Waals surface area (Å²) in [4.78, 5) is 17.7. The van der Waals surface area contributed by atoms with Crippen LogP contribution in [0.4, 0.5) is 0 Å². The first-order chi connectivity index (χ1) is 9.10. The lowest BCUT2D eigenvalue weighted by molar-refractivity contribution is 0.0750. The maximum atomic E-state index is 12.2. The minimum atomic E-state index is -0.353. The number of carbonyl (C=O) groups excluding carboxylic acids is 1. The van der Waals surface area contributed by atoms with Gasteiger partial charge in [0.15, 0.2) is 0 Å². The van der Waals surface area contributed by atoms with E-state index in [-0.39, 0.29) is 43.6 Å². The molecule has 0 aliphatic rings. The van der Waals surface area contributed by atoms with Crippen LogP contribution >= 0.6 is 0 Å². The SMILES string of the molecule is CC(C)c1nc(C(=O)N(CCC#N)CCC#N)n[nH]1. The molecule has 7 nitrogen and oxygen atoms in total. The highest BCUT2D eigenvalue weighted by Gasteiger charge is 2.20. The summed E-state index contributed by atoms with van der Waals surface area (Å²) in [5, 5.41) is 23.8. The number of hydrogen-bond acceptors (Lipinski definition) is 5. The highest BCUT2D eigenvalue weighted by Crippen LogP contribution is 2.09. The number of aromatic amines is 1. The third-order valence-corrected chi connectivity index (χ3v) is 2.52. The monoisotopic (exact) mass is 260 g/mol. The van der Waals surface area contributed by atoms with Gasteiger partial charge in [-0.2, -0.15) is 10.5 Å². The number of amides is 1. The molecule has 1 heterocycles. The number of hydrogen-bond donors (Lipinski definition) is 1. The first kappa shape index (κ1) is 14.7. The predicted molar refractivity (Wildman–Crippen MR) is 66.8 cm³/mol. The topological polar surface area (TPSA) is 109 Å². The number of rotatable bonds is 6. The summed E-state index contributed by atoms with van der Waals surface area (Å²) < 4.78 is 0. The fourth-order valence-electron chi connectivity index (χ4n) is 1.45. The molecule has 0 saturated carbocycles. The van der Waals surface area contributed by atoms with Gasteiger partial charge in [0, 0.05) is 19.0 Å². The van der Waals surface area contributed by atoms with Crippen molar-refractivity contribution in [2.75, 3.05) is 13.1 Å². The van der Waals surface area contributed by atoms with Crippen LogP contribution < -0.4 is 0 Å². The van der Waals surface area contributed by atoms with Gasteiger partial charge in [0.25, 0.3) is 5.91 Å². The summed E-state index contributed by atoms with van der Waals surface area (Å²) in [5.74, 6) is 0.526. The first-order valence-corrected chi connectivity index (χ1v) is 6.05. The van der Waals surface area contributed by atoms with E-state index in [4.69, 9.17) is 10.5 Å². The Morgan fingerprint density at radius 3 is 2.32 bits per heavy atom. The van der Waals surface area contributed by atoms with Gasteiger partial charge in [-0.1, -0.05) is 13.8 Å². The zero-order valence-corrected chi connectivity index (χ0v) is 11.1. The van der Waals surface area contributed by atoms with Crippen molar-refractivity contribution in [3.8, 4) is 12.1 Å². The molecule has 0 radical (unpaired) electrons. The summed E-state index contributed by atoms with van der Waals surface area (Å²) in [5.41, 5.74) is 0. The molecular formula is C12H16N6O. The maximum Gasteiger partial charge on any atom is 0.293 e. The Kier molecular flexibility index (Phi) is 5.49. The Labute approximate surface area is 111 Å². The molecule has 0 aliphatic carbocycles. The molecule has 0 aromatic carbocycles. The summed E-state index contributed by atoms with van der Waals surface area (Å²) in [6, 6.07) is 3.96. The quantitative estimate of drug-likeness (QED) is 0.826. The van der Waals surface area contributed by atoms with Crippen LogP contribution in [0.2, 0.25) is 0 Å². The van der Waals surface area contributed by atoms with Gasteiger partial charge in [-0.05, 0) is 0 Å². The molecule has 1 rings (SSSR count). The summed E-state index contributed by atoms with van der Waals surface area (Å²) in [6.07, 6.45) is 0.442. The molecule has 1 aromatic rings. The second kappa shape index (κ2) is 7.12. The van der Waals surface area contributed by atoms with Crippen molar-refractivity contribution in [2.24, 2.45) is 0 Å². The zero-order valence-electron chi connectivity index (χ0n) is 11.1. The van der Waals surface area contributed by atoms with E-state index in [1.807, 2.05) is 26.0 Å². The van der Waals surface area contributed by atoms with Gasteiger partial charge < -0.3 is 4.90 Å². The molecule has 0 unspecified atom stereocenters. The van der Waals surface area contributed by atoms with Crippen molar-refractivity contribution in [1.29, 1.82) is 10.5 Å². The Bertz CT molecular complexity index is 489. The minimum Gasteiger partial charge on any atom is -0.334 e. The number of nitriles is 2. The molecule has 1 N–H and O–H groups in total. The Morgan fingerprint density at radius 2 is 1.89 bits per heavy atom.